The second-order valence-electron chi connectivity index (χ2n) is 3.91. The average molecular weight is 324 g/mol. The van der Waals surface area contributed by atoms with E-state index >= 15 is 0 Å². The number of nitrogens with two attached hydrogens (primary N) is 1. The Labute approximate surface area is 129 Å². The molecule has 1 atom stereocenters. The van der Waals surface area contributed by atoms with E-state index in [4.69, 9.17) is 5.73 Å². The molecule has 0 fully saturated rings. The van der Waals surface area contributed by atoms with Gasteiger partial charge in [-0.15, -0.1) is 0 Å². The fraction of sp³-hybridized carbons (Fsp3) is 0.533. The molecule has 1 aromatic carbocycles. The van der Waals surface area contributed by atoms with Gasteiger partial charge in [0.15, 0.2) is 6.10 Å². The van der Waals surface area contributed by atoms with E-state index < -0.39 is 18.3 Å². The van der Waals surface area contributed by atoms with Gasteiger partial charge in [-0.05, 0) is 25.5 Å². The predicted octanol–water partition coefficient (Wildman–Crippen LogP) is 4.45. The van der Waals surface area contributed by atoms with Crippen LogP contribution < -0.4 is 5.73 Å². The number of nitrogens with zero attached hydrogens (tertiary/aromatic N) is 1. The molecule has 0 saturated carbocycles. The molecular formula is C15H24F4N2O. The molecule has 0 saturated heterocycles. The van der Waals surface area contributed by atoms with Crippen LogP contribution in [-0.2, 0) is 4.74 Å². The summed E-state index contributed by atoms with van der Waals surface area (Å²) in [7, 11) is 1.26. The summed E-state index contributed by atoms with van der Waals surface area (Å²) in [5.41, 5.74) is 6.06. The number of benzene rings is 1. The minimum absolute atomic E-state index is 0.171. The number of hydrogen-bond acceptors (Lipinski definition) is 2. The molecule has 0 aliphatic carbocycles. The lowest BCUT2D eigenvalue weighted by Crippen LogP contribution is -2.35. The molecule has 2 N–H and O–H groups in total. The second kappa shape index (κ2) is 11.8. The molecule has 0 heterocycles. The van der Waals surface area contributed by atoms with E-state index in [2.05, 4.69) is 9.73 Å². The minimum Gasteiger partial charge on any atom is -0.452 e. The van der Waals surface area contributed by atoms with Gasteiger partial charge in [-0.25, -0.2) is 9.38 Å². The summed E-state index contributed by atoms with van der Waals surface area (Å²) in [6.07, 6.45) is -6.43. The molecule has 0 aliphatic rings. The Morgan fingerprint density at radius 3 is 1.95 bits per heavy atom. The van der Waals surface area contributed by atoms with E-state index in [0.29, 0.717) is 0 Å². The van der Waals surface area contributed by atoms with E-state index in [1.54, 1.807) is 12.1 Å². The molecule has 1 aromatic rings. The van der Waals surface area contributed by atoms with Crippen molar-refractivity contribution >= 4 is 6.02 Å². The topological polar surface area (TPSA) is 47.6 Å². The molecule has 7 heteroatoms. The van der Waals surface area contributed by atoms with Crippen LogP contribution in [0.25, 0.3) is 0 Å². The lowest BCUT2D eigenvalue weighted by atomic mass is 10.2. The van der Waals surface area contributed by atoms with Crippen LogP contribution in [0.15, 0.2) is 29.3 Å². The first-order valence-corrected chi connectivity index (χ1v) is 6.88. The maximum Gasteiger partial charge on any atom is 0.425 e. The average Bonchev–Trinajstić information content (AvgIpc) is 2.49. The molecule has 22 heavy (non-hydrogen) atoms. The van der Waals surface area contributed by atoms with Gasteiger partial charge in [0.25, 0.3) is 6.02 Å². The van der Waals surface area contributed by atoms with Crippen molar-refractivity contribution in [1.82, 2.24) is 0 Å². The summed E-state index contributed by atoms with van der Waals surface area (Å²) >= 11 is 0. The van der Waals surface area contributed by atoms with Gasteiger partial charge in [0.2, 0.25) is 0 Å². The second-order valence-corrected chi connectivity index (χ2v) is 3.91. The number of halogens is 4. The van der Waals surface area contributed by atoms with Gasteiger partial charge in [0.1, 0.15) is 5.82 Å². The quantitative estimate of drug-likeness (QED) is 0.496. The summed E-state index contributed by atoms with van der Waals surface area (Å²) in [4.78, 5) is 3.26. The third-order valence-corrected chi connectivity index (χ3v) is 2.23. The lowest BCUT2D eigenvalue weighted by Gasteiger charge is -2.18. The Morgan fingerprint density at radius 1 is 1.23 bits per heavy atom. The molecular weight excluding hydrogens is 300 g/mol. The fourth-order valence-electron chi connectivity index (χ4n) is 1.11. The summed E-state index contributed by atoms with van der Waals surface area (Å²) in [6, 6.07) is 5.95. The van der Waals surface area contributed by atoms with Crippen molar-refractivity contribution in [3.8, 4) is 0 Å². The highest BCUT2D eigenvalue weighted by Gasteiger charge is 2.40. The fourth-order valence-corrected chi connectivity index (χ4v) is 1.11. The van der Waals surface area contributed by atoms with Crippen LogP contribution in [0.3, 0.4) is 0 Å². The Hall–Kier alpha value is -1.79. The van der Waals surface area contributed by atoms with Crippen molar-refractivity contribution in [1.29, 1.82) is 0 Å². The van der Waals surface area contributed by atoms with Crippen molar-refractivity contribution in [3.05, 3.63) is 35.6 Å². The summed E-state index contributed by atoms with van der Waals surface area (Å²) in [5, 5.41) is 0. The molecule has 0 bridgehead atoms. The highest BCUT2D eigenvalue weighted by atomic mass is 19.4. The smallest absolute Gasteiger partial charge is 0.425 e. The molecule has 0 amide bonds. The van der Waals surface area contributed by atoms with Crippen LogP contribution in [0.1, 0.15) is 32.8 Å². The number of amidine groups is 1. The maximum atomic E-state index is 12.1. The van der Waals surface area contributed by atoms with E-state index in [0.717, 1.165) is 5.56 Å². The zero-order valence-electron chi connectivity index (χ0n) is 13.5. The van der Waals surface area contributed by atoms with Crippen LogP contribution in [0.4, 0.5) is 17.6 Å². The summed E-state index contributed by atoms with van der Waals surface area (Å²) < 4.78 is 52.3. The Balaban J connectivity index is 0. The zero-order valence-corrected chi connectivity index (χ0v) is 13.5. The van der Waals surface area contributed by atoms with E-state index in [9.17, 15) is 17.6 Å². The molecule has 1 rings (SSSR count). The van der Waals surface area contributed by atoms with Crippen molar-refractivity contribution in [2.24, 2.45) is 10.7 Å². The van der Waals surface area contributed by atoms with E-state index in [1.165, 1.54) is 26.1 Å². The van der Waals surface area contributed by atoms with Gasteiger partial charge >= 0.3 is 6.18 Å². The lowest BCUT2D eigenvalue weighted by molar-refractivity contribution is -0.199. The molecule has 3 nitrogen and oxygen atoms in total. The standard InChI is InChI=1S/C7H7F.C6H11F3N2O.C2H6/c1-6-2-4-7(8)5-3-6;1-3-4(6(7,8)9)12-5(10)11-2;1-2/h2-5H,1H3;4H,3H2,1-2H3,(H2,10,11);1-2H3. The number of ether oxygens (including phenoxy) is 1. The van der Waals surface area contributed by atoms with Gasteiger partial charge in [0.05, 0.1) is 0 Å². The third kappa shape index (κ3) is 10.9. The molecule has 128 valence electrons. The van der Waals surface area contributed by atoms with Crippen molar-refractivity contribution in [3.63, 3.8) is 0 Å². The van der Waals surface area contributed by atoms with Gasteiger partial charge in [-0.1, -0.05) is 38.5 Å². The van der Waals surface area contributed by atoms with Gasteiger partial charge in [-0.2, -0.15) is 13.2 Å². The first-order valence-electron chi connectivity index (χ1n) is 6.88. The number of alkyl halides is 3. The Bertz CT molecular complexity index is 396. The highest BCUT2D eigenvalue weighted by Crippen LogP contribution is 2.24. The van der Waals surface area contributed by atoms with E-state index in [-0.39, 0.29) is 12.2 Å². The number of aliphatic imine (C=N–C) groups is 1. The molecule has 0 spiro atoms. The van der Waals surface area contributed by atoms with E-state index in [1.807, 2.05) is 20.8 Å². The molecule has 0 radical (unpaired) electrons. The van der Waals surface area contributed by atoms with Gasteiger partial charge in [0, 0.05) is 7.05 Å². The number of hydrogen-bond donors (Lipinski definition) is 1. The first-order chi connectivity index (χ1) is 10.2. The SMILES string of the molecule is CC.CCC(OC(N)=NC)C(F)(F)F.Cc1ccc(F)cc1. The maximum absolute atomic E-state index is 12.1. The first kappa shape index (κ1) is 22.5. The molecule has 1 unspecified atom stereocenters. The van der Waals surface area contributed by atoms with Crippen LogP contribution >= 0.6 is 0 Å². The molecule has 0 aliphatic heterocycles. The van der Waals surface area contributed by atoms with Crippen LogP contribution in [0.2, 0.25) is 0 Å². The highest BCUT2D eigenvalue weighted by molar-refractivity contribution is 5.71. The summed E-state index contributed by atoms with van der Waals surface area (Å²) in [6.45, 7) is 7.29. The normalized spacial score (nSPS) is 12.3. The Kier molecular flexibility index (Phi) is 12.1. The number of rotatable bonds is 2. The van der Waals surface area contributed by atoms with Crippen LogP contribution in [-0.4, -0.2) is 25.3 Å². The van der Waals surface area contributed by atoms with Crippen molar-refractivity contribution < 1.29 is 22.3 Å². The number of aryl methyl sites for hydroxylation is 1. The predicted molar refractivity (Wildman–Crippen MR) is 81.3 cm³/mol. The van der Waals surface area contributed by atoms with Gasteiger partial charge < -0.3 is 10.5 Å². The largest absolute Gasteiger partial charge is 0.452 e. The third-order valence-electron chi connectivity index (χ3n) is 2.23. The van der Waals surface area contributed by atoms with Crippen LogP contribution in [0, 0.1) is 12.7 Å². The minimum atomic E-state index is -4.38. The van der Waals surface area contributed by atoms with Gasteiger partial charge in [-0.3, -0.25) is 0 Å². The monoisotopic (exact) mass is 324 g/mol. The van der Waals surface area contributed by atoms with Crippen molar-refractivity contribution in [2.45, 2.75) is 46.4 Å². The van der Waals surface area contributed by atoms with Crippen molar-refractivity contribution in [2.75, 3.05) is 7.05 Å². The summed E-state index contributed by atoms with van der Waals surface area (Å²) in [5.74, 6) is -0.171. The zero-order chi connectivity index (χ0) is 17.8. The Morgan fingerprint density at radius 2 is 1.68 bits per heavy atom. The van der Waals surface area contributed by atoms with Crippen LogP contribution in [0.5, 0.6) is 0 Å². The molecule has 0 aromatic heterocycles.